The predicted octanol–water partition coefficient (Wildman–Crippen LogP) is 2.38. The summed E-state index contributed by atoms with van der Waals surface area (Å²) in [6.45, 7) is 4.93. The average Bonchev–Trinajstić information content (AvgIpc) is 2.46. The zero-order valence-corrected chi connectivity index (χ0v) is 13.7. The van der Waals surface area contributed by atoms with Gasteiger partial charge in [0.1, 0.15) is 0 Å². The Hall–Kier alpha value is -2.21. The first-order valence-electron chi connectivity index (χ1n) is 7.21. The molecule has 0 saturated carbocycles. The molecule has 0 aromatic heterocycles. The molecule has 0 bridgehead atoms. The summed E-state index contributed by atoms with van der Waals surface area (Å²) in [5.41, 5.74) is -0.257. The topological polar surface area (TPSA) is 89.9 Å². The van der Waals surface area contributed by atoms with Gasteiger partial charge in [0.15, 0.2) is 18.0 Å². The lowest BCUT2D eigenvalue weighted by Crippen LogP contribution is -2.38. The first-order valence-corrected chi connectivity index (χ1v) is 7.21. The lowest BCUT2D eigenvalue weighted by molar-refractivity contribution is -0.169. The van der Waals surface area contributed by atoms with Crippen molar-refractivity contribution in [3.63, 3.8) is 0 Å². The van der Waals surface area contributed by atoms with E-state index in [-0.39, 0.29) is 0 Å². The number of carbonyl (C=O) groups excluding carboxylic acids is 2. The third-order valence-corrected chi connectivity index (χ3v) is 3.20. The fraction of sp³-hybridized carbons (Fsp3) is 0.471. The summed E-state index contributed by atoms with van der Waals surface area (Å²) in [5.74, 6) is -2.45. The van der Waals surface area contributed by atoms with Crippen molar-refractivity contribution in [3.8, 4) is 0 Å². The minimum Gasteiger partial charge on any atom is -0.481 e. The number of hydrogen-bond acceptors (Lipinski definition) is 5. The molecule has 0 aliphatic rings. The van der Waals surface area contributed by atoms with Gasteiger partial charge in [-0.15, -0.1) is 0 Å². The molecule has 1 N–H and O–H groups in total. The molecule has 0 fully saturated rings. The van der Waals surface area contributed by atoms with Gasteiger partial charge in [0.05, 0.1) is 6.42 Å². The molecule has 0 saturated heterocycles. The highest BCUT2D eigenvalue weighted by molar-refractivity contribution is 5.93. The molecule has 1 aromatic carbocycles. The fourth-order valence-electron chi connectivity index (χ4n) is 2.03. The Labute approximate surface area is 135 Å². The van der Waals surface area contributed by atoms with Crippen LogP contribution in [0.2, 0.25) is 0 Å². The van der Waals surface area contributed by atoms with Gasteiger partial charge in [-0.25, -0.2) is 4.79 Å². The zero-order chi connectivity index (χ0) is 17.6. The minimum absolute atomic E-state index is 0.448. The summed E-state index contributed by atoms with van der Waals surface area (Å²) in [4.78, 5) is 35.6. The number of ketones is 1. The number of carboxylic acid groups (broad SMARTS) is 1. The van der Waals surface area contributed by atoms with E-state index in [1.807, 2.05) is 0 Å². The van der Waals surface area contributed by atoms with Crippen molar-refractivity contribution in [2.45, 2.75) is 39.4 Å². The van der Waals surface area contributed by atoms with E-state index in [0.717, 1.165) is 0 Å². The van der Waals surface area contributed by atoms with E-state index in [1.165, 1.54) is 7.11 Å². The van der Waals surface area contributed by atoms with E-state index < -0.39 is 41.8 Å². The Morgan fingerprint density at radius 3 is 2.13 bits per heavy atom. The molecule has 126 valence electrons. The third-order valence-electron chi connectivity index (χ3n) is 3.20. The third kappa shape index (κ3) is 5.49. The van der Waals surface area contributed by atoms with E-state index in [1.54, 1.807) is 51.1 Å². The van der Waals surface area contributed by atoms with Crippen LogP contribution < -0.4 is 0 Å². The molecule has 0 spiro atoms. The Morgan fingerprint density at radius 2 is 1.70 bits per heavy atom. The monoisotopic (exact) mass is 322 g/mol. The highest BCUT2D eigenvalue weighted by Gasteiger charge is 2.36. The maximum absolute atomic E-state index is 12.3. The van der Waals surface area contributed by atoms with Gasteiger partial charge in [0.25, 0.3) is 0 Å². The number of Topliss-reactive ketones (excluding diaryl/α,β-unsaturated/α-hetero) is 1. The van der Waals surface area contributed by atoms with E-state index in [2.05, 4.69) is 0 Å². The highest BCUT2D eigenvalue weighted by atomic mass is 16.6. The number of methoxy groups -OCH3 is 1. The summed E-state index contributed by atoms with van der Waals surface area (Å²) >= 11 is 0. The van der Waals surface area contributed by atoms with Crippen LogP contribution in [0.4, 0.5) is 0 Å². The number of rotatable bonds is 7. The van der Waals surface area contributed by atoms with Gasteiger partial charge in [-0.3, -0.25) is 9.59 Å². The quantitative estimate of drug-likeness (QED) is 0.775. The average molecular weight is 322 g/mol. The normalized spacial score (nSPS) is 13.9. The molecule has 2 atom stereocenters. The van der Waals surface area contributed by atoms with Crippen LogP contribution in [0.1, 0.15) is 38.9 Å². The van der Waals surface area contributed by atoms with Gasteiger partial charge in [0, 0.05) is 12.5 Å². The summed E-state index contributed by atoms with van der Waals surface area (Å²) in [5, 5.41) is 8.95. The Bertz CT molecular complexity index is 558. The number of benzene rings is 1. The van der Waals surface area contributed by atoms with Crippen LogP contribution in [0.5, 0.6) is 0 Å². The summed E-state index contributed by atoms with van der Waals surface area (Å²) in [7, 11) is 1.34. The number of ether oxygens (including phenoxy) is 2. The Balaban J connectivity index is 2.95. The maximum Gasteiger partial charge on any atom is 0.340 e. The standard InChI is InChI=1S/C17H22O6/c1-17(2,3)15(20)12(10-13(18)19)23-16(21)14(22-4)11-8-6-5-7-9-11/h5-9,12,14H,10H2,1-4H3,(H,18,19). The molecule has 2 unspecified atom stereocenters. The lowest BCUT2D eigenvalue weighted by atomic mass is 9.86. The SMILES string of the molecule is COC(C(=O)OC(CC(=O)O)C(=O)C(C)(C)C)c1ccccc1. The number of esters is 1. The molecule has 6 heteroatoms. The number of carbonyl (C=O) groups is 3. The van der Waals surface area contributed by atoms with Crippen LogP contribution in [-0.2, 0) is 23.9 Å². The van der Waals surface area contributed by atoms with Crippen molar-refractivity contribution in [1.82, 2.24) is 0 Å². The lowest BCUT2D eigenvalue weighted by Gasteiger charge is -2.25. The molecular weight excluding hydrogens is 300 g/mol. The van der Waals surface area contributed by atoms with E-state index in [0.29, 0.717) is 5.56 Å². The van der Waals surface area contributed by atoms with Crippen LogP contribution in [-0.4, -0.2) is 36.0 Å². The van der Waals surface area contributed by atoms with Crippen LogP contribution in [0, 0.1) is 5.41 Å². The summed E-state index contributed by atoms with van der Waals surface area (Å²) in [6.07, 6.45) is -2.94. The molecule has 23 heavy (non-hydrogen) atoms. The first kappa shape index (κ1) is 18.8. The van der Waals surface area contributed by atoms with Crippen molar-refractivity contribution in [3.05, 3.63) is 35.9 Å². The Morgan fingerprint density at radius 1 is 1.13 bits per heavy atom. The predicted molar refractivity (Wildman–Crippen MR) is 82.8 cm³/mol. The molecule has 1 rings (SSSR count). The second-order valence-electron chi connectivity index (χ2n) is 6.16. The number of hydrogen-bond donors (Lipinski definition) is 1. The van der Waals surface area contributed by atoms with Crippen LogP contribution >= 0.6 is 0 Å². The molecular formula is C17H22O6. The van der Waals surface area contributed by atoms with Crippen LogP contribution in [0.3, 0.4) is 0 Å². The van der Waals surface area contributed by atoms with Crippen LogP contribution in [0.25, 0.3) is 0 Å². The van der Waals surface area contributed by atoms with Crippen LogP contribution in [0.15, 0.2) is 30.3 Å². The van der Waals surface area contributed by atoms with Gasteiger partial charge in [0.2, 0.25) is 0 Å². The van der Waals surface area contributed by atoms with E-state index >= 15 is 0 Å². The van der Waals surface area contributed by atoms with Gasteiger partial charge in [-0.05, 0) is 5.56 Å². The summed E-state index contributed by atoms with van der Waals surface area (Å²) < 4.78 is 10.3. The molecule has 6 nitrogen and oxygen atoms in total. The minimum atomic E-state index is -1.35. The second-order valence-corrected chi connectivity index (χ2v) is 6.16. The van der Waals surface area contributed by atoms with Gasteiger partial charge < -0.3 is 14.6 Å². The van der Waals surface area contributed by atoms with Crippen molar-refractivity contribution in [2.75, 3.05) is 7.11 Å². The summed E-state index contributed by atoms with van der Waals surface area (Å²) in [6, 6.07) is 8.64. The van der Waals surface area contributed by atoms with Crippen molar-refractivity contribution in [1.29, 1.82) is 0 Å². The zero-order valence-electron chi connectivity index (χ0n) is 13.7. The first-order chi connectivity index (χ1) is 10.7. The molecule has 0 amide bonds. The van der Waals surface area contributed by atoms with Gasteiger partial charge >= 0.3 is 11.9 Å². The number of aliphatic carboxylic acids is 1. The van der Waals surface area contributed by atoms with Crippen molar-refractivity contribution in [2.24, 2.45) is 5.41 Å². The van der Waals surface area contributed by atoms with Crippen molar-refractivity contribution >= 4 is 17.7 Å². The second kappa shape index (κ2) is 7.87. The van der Waals surface area contributed by atoms with Crippen molar-refractivity contribution < 1.29 is 29.0 Å². The molecule has 0 aliphatic carbocycles. The van der Waals surface area contributed by atoms with Gasteiger partial charge in [-0.1, -0.05) is 51.1 Å². The van der Waals surface area contributed by atoms with E-state index in [9.17, 15) is 14.4 Å². The molecule has 0 radical (unpaired) electrons. The maximum atomic E-state index is 12.3. The van der Waals surface area contributed by atoms with Gasteiger partial charge in [-0.2, -0.15) is 0 Å². The molecule has 0 aliphatic heterocycles. The number of carboxylic acids is 1. The highest BCUT2D eigenvalue weighted by Crippen LogP contribution is 2.24. The molecule has 0 heterocycles. The molecule has 1 aromatic rings. The Kier molecular flexibility index (Phi) is 6.45. The van der Waals surface area contributed by atoms with E-state index in [4.69, 9.17) is 14.6 Å². The fourth-order valence-corrected chi connectivity index (χ4v) is 2.03. The smallest absolute Gasteiger partial charge is 0.340 e. The largest absolute Gasteiger partial charge is 0.481 e.